The summed E-state index contributed by atoms with van der Waals surface area (Å²) in [5.74, 6) is -0.648. The minimum Gasteiger partial charge on any atom is -0.375 e. The lowest BCUT2D eigenvalue weighted by molar-refractivity contribution is -0.119. The van der Waals surface area contributed by atoms with Gasteiger partial charge in [-0.2, -0.15) is 0 Å². The molecule has 0 bridgehead atoms. The standard InChI is InChI=1S/C19H20NO3/c1-13-8-14(2)10-16(9-13)18(11-21)15-4-6-17(7-5-15)20-19(22)12-23-3/h4-10,18H,12H2,1-3H3,(H,20,22). The molecule has 0 aliphatic heterocycles. The van der Waals surface area contributed by atoms with Gasteiger partial charge in [-0.1, -0.05) is 41.5 Å². The molecule has 0 saturated heterocycles. The first-order chi connectivity index (χ1) is 11.0. The van der Waals surface area contributed by atoms with Crippen LogP contribution < -0.4 is 5.32 Å². The molecule has 23 heavy (non-hydrogen) atoms. The minimum absolute atomic E-state index is 0.00899. The van der Waals surface area contributed by atoms with Gasteiger partial charge in [-0.15, -0.1) is 0 Å². The second-order valence-electron chi connectivity index (χ2n) is 5.58. The summed E-state index contributed by atoms with van der Waals surface area (Å²) in [4.78, 5) is 23.0. The molecule has 4 heteroatoms. The SMILES string of the molecule is COCC(=O)Nc1ccc(C([C]=O)c2cc(C)cc(C)c2)cc1. The summed E-state index contributed by atoms with van der Waals surface area (Å²) in [6, 6.07) is 13.3. The highest BCUT2D eigenvalue weighted by Crippen LogP contribution is 2.25. The molecule has 2 rings (SSSR count). The zero-order valence-electron chi connectivity index (χ0n) is 13.6. The predicted octanol–water partition coefficient (Wildman–Crippen LogP) is 3.13. The predicted molar refractivity (Wildman–Crippen MR) is 90.4 cm³/mol. The molecular formula is C19H20NO3. The van der Waals surface area contributed by atoms with Gasteiger partial charge in [-0.3, -0.25) is 9.59 Å². The van der Waals surface area contributed by atoms with Crippen LogP contribution in [0.1, 0.15) is 28.2 Å². The molecule has 0 aromatic heterocycles. The monoisotopic (exact) mass is 310 g/mol. The van der Waals surface area contributed by atoms with Gasteiger partial charge >= 0.3 is 0 Å². The molecule has 0 saturated carbocycles. The Morgan fingerprint density at radius 3 is 2.22 bits per heavy atom. The molecule has 0 heterocycles. The van der Waals surface area contributed by atoms with E-state index in [1.807, 2.05) is 38.1 Å². The highest BCUT2D eigenvalue weighted by molar-refractivity contribution is 5.91. The molecule has 1 atom stereocenters. The topological polar surface area (TPSA) is 55.4 Å². The van der Waals surface area contributed by atoms with Gasteiger partial charge in [-0.25, -0.2) is 0 Å². The smallest absolute Gasteiger partial charge is 0.250 e. The number of hydrogen-bond acceptors (Lipinski definition) is 3. The van der Waals surface area contributed by atoms with Crippen molar-refractivity contribution < 1.29 is 14.3 Å². The van der Waals surface area contributed by atoms with Crippen molar-refractivity contribution in [3.8, 4) is 0 Å². The average molecular weight is 310 g/mol. The molecule has 0 fully saturated rings. The number of anilines is 1. The summed E-state index contributed by atoms with van der Waals surface area (Å²) < 4.78 is 4.77. The maximum atomic E-state index is 11.5. The minimum atomic E-state index is -0.433. The largest absolute Gasteiger partial charge is 0.375 e. The molecule has 4 nitrogen and oxygen atoms in total. The van der Waals surface area contributed by atoms with Crippen molar-refractivity contribution >= 4 is 17.9 Å². The van der Waals surface area contributed by atoms with E-state index in [2.05, 4.69) is 17.7 Å². The van der Waals surface area contributed by atoms with Gasteiger partial charge in [0.1, 0.15) is 6.61 Å². The zero-order chi connectivity index (χ0) is 16.8. The Kier molecular flexibility index (Phi) is 5.66. The van der Waals surface area contributed by atoms with E-state index in [1.165, 1.54) is 7.11 Å². The van der Waals surface area contributed by atoms with E-state index in [0.717, 1.165) is 22.3 Å². The van der Waals surface area contributed by atoms with E-state index in [0.29, 0.717) is 5.69 Å². The Balaban J connectivity index is 2.22. The molecule has 1 N–H and O–H groups in total. The van der Waals surface area contributed by atoms with Crippen molar-refractivity contribution in [1.82, 2.24) is 0 Å². The van der Waals surface area contributed by atoms with Crippen molar-refractivity contribution in [3.05, 3.63) is 64.7 Å². The fourth-order valence-corrected chi connectivity index (χ4v) is 2.59. The number of amides is 1. The number of methoxy groups -OCH3 is 1. The first-order valence-electron chi connectivity index (χ1n) is 7.38. The van der Waals surface area contributed by atoms with E-state index in [4.69, 9.17) is 4.74 Å². The van der Waals surface area contributed by atoms with Crippen molar-refractivity contribution in [1.29, 1.82) is 0 Å². The van der Waals surface area contributed by atoms with E-state index < -0.39 is 5.92 Å². The van der Waals surface area contributed by atoms with Crippen LogP contribution in [-0.4, -0.2) is 25.9 Å². The Morgan fingerprint density at radius 1 is 1.09 bits per heavy atom. The van der Waals surface area contributed by atoms with Crippen LogP contribution in [0, 0.1) is 13.8 Å². The number of carbonyl (C=O) groups excluding carboxylic acids is 2. The van der Waals surface area contributed by atoms with E-state index in [-0.39, 0.29) is 12.5 Å². The van der Waals surface area contributed by atoms with Gasteiger partial charge < -0.3 is 10.1 Å². The summed E-state index contributed by atoms with van der Waals surface area (Å²) in [7, 11) is 1.47. The number of ether oxygens (including phenoxy) is 1. The second-order valence-corrected chi connectivity index (χ2v) is 5.58. The van der Waals surface area contributed by atoms with Crippen LogP contribution in [-0.2, 0) is 14.3 Å². The molecule has 1 amide bonds. The molecule has 119 valence electrons. The number of aryl methyl sites for hydroxylation is 2. The van der Waals surface area contributed by atoms with E-state index in [9.17, 15) is 9.59 Å². The maximum Gasteiger partial charge on any atom is 0.250 e. The van der Waals surface area contributed by atoms with Crippen LogP contribution in [0.2, 0.25) is 0 Å². The van der Waals surface area contributed by atoms with Crippen LogP contribution in [0.3, 0.4) is 0 Å². The third-order valence-electron chi connectivity index (χ3n) is 3.50. The summed E-state index contributed by atoms with van der Waals surface area (Å²) in [5.41, 5.74) is 4.66. The van der Waals surface area contributed by atoms with Crippen molar-refractivity contribution in [2.24, 2.45) is 0 Å². The highest BCUT2D eigenvalue weighted by atomic mass is 16.5. The van der Waals surface area contributed by atoms with Crippen molar-refractivity contribution in [3.63, 3.8) is 0 Å². The second kappa shape index (κ2) is 7.70. The Hall–Kier alpha value is -2.46. The van der Waals surface area contributed by atoms with Crippen LogP contribution in [0.4, 0.5) is 5.69 Å². The summed E-state index contributed by atoms with van der Waals surface area (Å²) >= 11 is 0. The molecule has 0 aliphatic rings. The number of benzene rings is 2. The van der Waals surface area contributed by atoms with Gasteiger partial charge in [0.05, 0.1) is 5.92 Å². The Morgan fingerprint density at radius 2 is 1.70 bits per heavy atom. The van der Waals surface area contributed by atoms with Crippen LogP contribution in [0.15, 0.2) is 42.5 Å². The van der Waals surface area contributed by atoms with Gasteiger partial charge in [-0.05, 0) is 37.1 Å². The van der Waals surface area contributed by atoms with Gasteiger partial charge in [0.2, 0.25) is 12.2 Å². The molecule has 0 spiro atoms. The summed E-state index contributed by atoms with van der Waals surface area (Å²) in [5, 5.41) is 2.72. The maximum absolute atomic E-state index is 11.5. The Labute approximate surface area is 136 Å². The fourth-order valence-electron chi connectivity index (χ4n) is 2.59. The Bertz CT molecular complexity index is 672. The lowest BCUT2D eigenvalue weighted by Crippen LogP contribution is -2.17. The van der Waals surface area contributed by atoms with Gasteiger partial charge in [0.15, 0.2) is 0 Å². The number of nitrogens with one attached hydrogen (secondary N) is 1. The number of rotatable bonds is 6. The molecule has 2 aromatic rings. The van der Waals surface area contributed by atoms with Gasteiger partial charge in [0, 0.05) is 12.8 Å². The fraction of sp³-hybridized carbons (Fsp3) is 0.263. The summed E-state index contributed by atoms with van der Waals surface area (Å²) in [6.45, 7) is 4.02. The summed E-state index contributed by atoms with van der Waals surface area (Å²) in [6.07, 6.45) is 2.11. The average Bonchev–Trinajstić information content (AvgIpc) is 2.49. The zero-order valence-corrected chi connectivity index (χ0v) is 13.6. The molecule has 0 aliphatic carbocycles. The third kappa shape index (κ3) is 4.50. The molecule has 1 unspecified atom stereocenters. The lowest BCUT2D eigenvalue weighted by atomic mass is 9.90. The molecule has 1 radical (unpaired) electrons. The quantitative estimate of drug-likeness (QED) is 0.892. The van der Waals surface area contributed by atoms with Crippen molar-refractivity contribution in [2.45, 2.75) is 19.8 Å². The van der Waals surface area contributed by atoms with Crippen LogP contribution in [0.25, 0.3) is 0 Å². The first-order valence-corrected chi connectivity index (χ1v) is 7.38. The highest BCUT2D eigenvalue weighted by Gasteiger charge is 2.15. The van der Waals surface area contributed by atoms with E-state index in [1.54, 1.807) is 12.1 Å². The molecular weight excluding hydrogens is 290 g/mol. The number of hydrogen-bond donors (Lipinski definition) is 1. The van der Waals surface area contributed by atoms with Crippen molar-refractivity contribution in [2.75, 3.05) is 19.0 Å². The van der Waals surface area contributed by atoms with Crippen LogP contribution >= 0.6 is 0 Å². The number of carbonyl (C=O) groups is 1. The van der Waals surface area contributed by atoms with E-state index >= 15 is 0 Å². The van der Waals surface area contributed by atoms with Crippen LogP contribution in [0.5, 0.6) is 0 Å². The normalized spacial score (nSPS) is 11.8. The van der Waals surface area contributed by atoms with Gasteiger partial charge in [0.25, 0.3) is 0 Å². The first kappa shape index (κ1) is 16.9. The third-order valence-corrected chi connectivity index (χ3v) is 3.50. The lowest BCUT2D eigenvalue weighted by Gasteiger charge is -2.13. The molecule has 2 aromatic carbocycles.